The number of aromatic nitrogens is 4. The van der Waals surface area contributed by atoms with Gasteiger partial charge in [0.2, 0.25) is 12.7 Å². The van der Waals surface area contributed by atoms with E-state index in [2.05, 4.69) is 20.8 Å². The van der Waals surface area contributed by atoms with Crippen LogP contribution in [0.5, 0.6) is 11.5 Å². The summed E-state index contributed by atoms with van der Waals surface area (Å²) in [4.78, 5) is 12.1. The minimum atomic E-state index is -0.244. The molecular formula is C19H17N5O3. The molecule has 0 spiro atoms. The molecule has 0 saturated heterocycles. The van der Waals surface area contributed by atoms with Crippen LogP contribution in [0.2, 0.25) is 0 Å². The molecule has 2 heterocycles. The Kier molecular flexibility index (Phi) is 4.52. The number of fused-ring (bicyclic) bond motifs is 1. The van der Waals surface area contributed by atoms with Gasteiger partial charge in [-0.25, -0.2) is 0 Å². The molecule has 0 bridgehead atoms. The second kappa shape index (κ2) is 7.28. The SMILES string of the molecule is Cc1ccc(-n2nnnc2CNC(=O)/C=C/c2ccc3c(c2)OCO3)cc1. The first-order valence-corrected chi connectivity index (χ1v) is 8.39. The summed E-state index contributed by atoms with van der Waals surface area (Å²) in [5.74, 6) is 1.68. The van der Waals surface area contributed by atoms with Gasteiger partial charge in [0.25, 0.3) is 0 Å². The summed E-state index contributed by atoms with van der Waals surface area (Å²) in [6.45, 7) is 2.45. The third kappa shape index (κ3) is 3.79. The fourth-order valence-corrected chi connectivity index (χ4v) is 2.62. The van der Waals surface area contributed by atoms with Crippen molar-refractivity contribution in [2.45, 2.75) is 13.5 Å². The molecule has 8 nitrogen and oxygen atoms in total. The van der Waals surface area contributed by atoms with E-state index in [0.29, 0.717) is 17.3 Å². The molecule has 1 aliphatic rings. The van der Waals surface area contributed by atoms with Crippen molar-refractivity contribution in [2.75, 3.05) is 6.79 Å². The fraction of sp³-hybridized carbons (Fsp3) is 0.158. The molecule has 136 valence electrons. The third-order valence-electron chi connectivity index (χ3n) is 4.06. The summed E-state index contributed by atoms with van der Waals surface area (Å²) in [5.41, 5.74) is 2.83. The van der Waals surface area contributed by atoms with E-state index in [9.17, 15) is 4.79 Å². The first-order valence-electron chi connectivity index (χ1n) is 8.39. The van der Waals surface area contributed by atoms with Gasteiger partial charge in [-0.3, -0.25) is 4.79 Å². The Morgan fingerprint density at radius 2 is 2.00 bits per heavy atom. The largest absolute Gasteiger partial charge is 0.454 e. The maximum atomic E-state index is 12.1. The second-order valence-electron chi connectivity index (χ2n) is 6.01. The van der Waals surface area contributed by atoms with Gasteiger partial charge in [0.1, 0.15) is 0 Å². The summed E-state index contributed by atoms with van der Waals surface area (Å²) in [6, 6.07) is 13.3. The van der Waals surface area contributed by atoms with Gasteiger partial charge in [0.05, 0.1) is 12.2 Å². The molecule has 8 heteroatoms. The monoisotopic (exact) mass is 363 g/mol. The summed E-state index contributed by atoms with van der Waals surface area (Å²) < 4.78 is 12.2. The Hall–Kier alpha value is -3.68. The van der Waals surface area contributed by atoms with Crippen molar-refractivity contribution < 1.29 is 14.3 Å². The van der Waals surface area contributed by atoms with Crippen LogP contribution in [0.15, 0.2) is 48.5 Å². The van der Waals surface area contributed by atoms with Gasteiger partial charge in [-0.15, -0.1) is 5.10 Å². The number of nitrogens with one attached hydrogen (secondary N) is 1. The highest BCUT2D eigenvalue weighted by Gasteiger charge is 2.12. The second-order valence-corrected chi connectivity index (χ2v) is 6.01. The van der Waals surface area contributed by atoms with Crippen molar-refractivity contribution in [1.29, 1.82) is 0 Å². The standard InChI is InChI=1S/C19H17N5O3/c1-13-2-6-15(7-3-13)24-18(21-22-23-24)11-20-19(25)9-5-14-4-8-16-17(10-14)27-12-26-16/h2-10H,11-12H2,1H3,(H,20,25)/b9-5+. The summed E-state index contributed by atoms with van der Waals surface area (Å²) in [6.07, 6.45) is 3.16. The fourth-order valence-electron chi connectivity index (χ4n) is 2.62. The topological polar surface area (TPSA) is 91.2 Å². The molecule has 0 fully saturated rings. The van der Waals surface area contributed by atoms with Crippen LogP contribution in [0.25, 0.3) is 11.8 Å². The van der Waals surface area contributed by atoms with Gasteiger partial charge in [-0.05, 0) is 53.3 Å². The molecule has 1 aromatic heterocycles. The Labute approximate surface area is 155 Å². The van der Waals surface area contributed by atoms with E-state index >= 15 is 0 Å². The highest BCUT2D eigenvalue weighted by Crippen LogP contribution is 2.32. The lowest BCUT2D eigenvalue weighted by Gasteiger charge is -2.05. The summed E-state index contributed by atoms with van der Waals surface area (Å²) in [7, 11) is 0. The van der Waals surface area contributed by atoms with Crippen molar-refractivity contribution in [3.63, 3.8) is 0 Å². The van der Waals surface area contributed by atoms with Crippen LogP contribution < -0.4 is 14.8 Å². The average molecular weight is 363 g/mol. The molecule has 0 unspecified atom stereocenters. The van der Waals surface area contributed by atoms with Gasteiger partial charge in [-0.2, -0.15) is 4.68 Å². The average Bonchev–Trinajstić information content (AvgIpc) is 3.34. The van der Waals surface area contributed by atoms with Crippen molar-refractivity contribution in [2.24, 2.45) is 0 Å². The van der Waals surface area contributed by atoms with Crippen molar-refractivity contribution in [3.05, 3.63) is 65.5 Å². The smallest absolute Gasteiger partial charge is 0.244 e. The van der Waals surface area contributed by atoms with E-state index in [-0.39, 0.29) is 19.2 Å². The van der Waals surface area contributed by atoms with Crippen LogP contribution in [-0.2, 0) is 11.3 Å². The zero-order valence-corrected chi connectivity index (χ0v) is 14.6. The van der Waals surface area contributed by atoms with E-state index in [4.69, 9.17) is 9.47 Å². The quantitative estimate of drug-likeness (QED) is 0.698. The van der Waals surface area contributed by atoms with Crippen LogP contribution in [0, 0.1) is 6.92 Å². The number of aryl methyl sites for hydroxylation is 1. The zero-order valence-electron chi connectivity index (χ0n) is 14.6. The number of carbonyl (C=O) groups excluding carboxylic acids is 1. The number of amides is 1. The molecule has 2 aromatic carbocycles. The summed E-state index contributed by atoms with van der Waals surface area (Å²) in [5, 5.41) is 14.4. The molecule has 0 atom stereocenters. The van der Waals surface area contributed by atoms with Crippen molar-refractivity contribution >= 4 is 12.0 Å². The number of hydrogen-bond acceptors (Lipinski definition) is 6. The maximum Gasteiger partial charge on any atom is 0.244 e. The van der Waals surface area contributed by atoms with Gasteiger partial charge >= 0.3 is 0 Å². The van der Waals surface area contributed by atoms with E-state index in [0.717, 1.165) is 16.8 Å². The van der Waals surface area contributed by atoms with Crippen molar-refractivity contribution in [3.8, 4) is 17.2 Å². The Morgan fingerprint density at radius 1 is 1.19 bits per heavy atom. The molecule has 0 radical (unpaired) electrons. The summed E-state index contributed by atoms with van der Waals surface area (Å²) >= 11 is 0. The Morgan fingerprint density at radius 3 is 2.85 bits per heavy atom. The van der Waals surface area contributed by atoms with Crippen LogP contribution in [0.3, 0.4) is 0 Å². The Bertz CT molecular complexity index is 995. The van der Waals surface area contributed by atoms with E-state index in [1.54, 1.807) is 10.8 Å². The van der Waals surface area contributed by atoms with Crippen LogP contribution >= 0.6 is 0 Å². The normalized spacial score (nSPS) is 12.5. The van der Waals surface area contributed by atoms with Gasteiger partial charge < -0.3 is 14.8 Å². The molecule has 3 aromatic rings. The minimum absolute atomic E-state index is 0.213. The maximum absolute atomic E-state index is 12.1. The molecular weight excluding hydrogens is 346 g/mol. The van der Waals surface area contributed by atoms with Crippen molar-refractivity contribution in [1.82, 2.24) is 25.5 Å². The highest BCUT2D eigenvalue weighted by molar-refractivity contribution is 5.91. The molecule has 1 amide bonds. The number of rotatable bonds is 5. The van der Waals surface area contributed by atoms with Gasteiger partial charge in [-0.1, -0.05) is 23.8 Å². The number of tetrazole rings is 1. The number of nitrogens with zero attached hydrogens (tertiary/aromatic N) is 4. The number of carbonyl (C=O) groups is 1. The Balaban J connectivity index is 1.38. The molecule has 1 aliphatic heterocycles. The molecule has 4 rings (SSSR count). The third-order valence-corrected chi connectivity index (χ3v) is 4.06. The van der Waals surface area contributed by atoms with E-state index < -0.39 is 0 Å². The zero-order chi connectivity index (χ0) is 18.6. The lowest BCUT2D eigenvalue weighted by Crippen LogP contribution is -2.22. The first-order chi connectivity index (χ1) is 13.2. The van der Waals surface area contributed by atoms with E-state index in [1.165, 1.54) is 6.08 Å². The predicted molar refractivity (Wildman–Crippen MR) is 97.3 cm³/mol. The van der Waals surface area contributed by atoms with Gasteiger partial charge in [0, 0.05) is 6.08 Å². The molecule has 1 N–H and O–H groups in total. The van der Waals surface area contributed by atoms with Crippen LogP contribution in [0.1, 0.15) is 17.0 Å². The number of benzene rings is 2. The molecule has 0 saturated carbocycles. The lowest BCUT2D eigenvalue weighted by molar-refractivity contribution is -0.116. The lowest BCUT2D eigenvalue weighted by atomic mass is 10.2. The molecule has 0 aliphatic carbocycles. The molecule has 27 heavy (non-hydrogen) atoms. The van der Waals surface area contributed by atoms with E-state index in [1.807, 2.05) is 49.4 Å². The highest BCUT2D eigenvalue weighted by atomic mass is 16.7. The van der Waals surface area contributed by atoms with Gasteiger partial charge in [0.15, 0.2) is 17.3 Å². The predicted octanol–water partition coefficient (Wildman–Crippen LogP) is 2.03. The first kappa shape index (κ1) is 16.8. The number of ether oxygens (including phenoxy) is 2. The van der Waals surface area contributed by atoms with Crippen LogP contribution in [0.4, 0.5) is 0 Å². The number of hydrogen-bond donors (Lipinski definition) is 1. The minimum Gasteiger partial charge on any atom is -0.454 e. The van der Waals surface area contributed by atoms with Crippen LogP contribution in [-0.4, -0.2) is 32.9 Å².